The molecule has 0 saturated heterocycles. The summed E-state index contributed by atoms with van der Waals surface area (Å²) in [6.07, 6.45) is 1.74. The Bertz CT molecular complexity index is 1090. The number of hydrogen-bond acceptors (Lipinski definition) is 3. The van der Waals surface area contributed by atoms with Crippen molar-refractivity contribution in [3.05, 3.63) is 84.1 Å². The number of fused-ring (bicyclic) bond motifs is 1. The maximum atomic E-state index is 12.9. The van der Waals surface area contributed by atoms with Gasteiger partial charge in [-0.1, -0.05) is 24.3 Å². The molecule has 2 aromatic heterocycles. The van der Waals surface area contributed by atoms with Gasteiger partial charge in [-0.05, 0) is 50.2 Å². The van der Waals surface area contributed by atoms with Crippen molar-refractivity contribution in [3.63, 3.8) is 0 Å². The molecular weight excluding hydrogens is 324 g/mol. The minimum Gasteiger partial charge on any atom is -0.320 e. The predicted octanol–water partition coefficient (Wildman–Crippen LogP) is 4.29. The lowest BCUT2D eigenvalue weighted by Gasteiger charge is -2.09. The first kappa shape index (κ1) is 16.0. The number of hydrogen-bond donors (Lipinski definition) is 1. The molecule has 5 nitrogen and oxygen atoms in total. The Labute approximate surface area is 151 Å². The van der Waals surface area contributed by atoms with Gasteiger partial charge in [0.05, 0.1) is 16.9 Å². The summed E-state index contributed by atoms with van der Waals surface area (Å²) in [4.78, 5) is 21.7. The van der Waals surface area contributed by atoms with E-state index < -0.39 is 0 Å². The molecule has 0 spiro atoms. The molecule has 1 N–H and O–H groups in total. The van der Waals surface area contributed by atoms with Gasteiger partial charge in [0.25, 0.3) is 5.91 Å². The monoisotopic (exact) mass is 342 g/mol. The summed E-state index contributed by atoms with van der Waals surface area (Å²) in [5.74, 6) is 0.551. The Morgan fingerprint density at radius 1 is 0.962 bits per heavy atom. The molecule has 0 fully saturated rings. The number of nitrogens with zero attached hydrogens (tertiary/aromatic N) is 3. The molecular formula is C21H18N4O. The zero-order chi connectivity index (χ0) is 18.1. The molecule has 4 rings (SSSR count). The first-order valence-corrected chi connectivity index (χ1v) is 8.41. The van der Waals surface area contributed by atoms with E-state index in [0.717, 1.165) is 33.8 Å². The van der Waals surface area contributed by atoms with Crippen LogP contribution in [0.25, 0.3) is 16.6 Å². The molecule has 0 aliphatic heterocycles. The van der Waals surface area contributed by atoms with Gasteiger partial charge in [-0.15, -0.1) is 0 Å². The van der Waals surface area contributed by atoms with Gasteiger partial charge in [-0.3, -0.25) is 9.78 Å². The van der Waals surface area contributed by atoms with Crippen LogP contribution in [0.4, 0.5) is 5.69 Å². The molecule has 5 heteroatoms. The van der Waals surface area contributed by atoms with Crippen molar-refractivity contribution >= 4 is 22.5 Å². The molecule has 0 radical (unpaired) electrons. The van der Waals surface area contributed by atoms with Gasteiger partial charge in [-0.25, -0.2) is 4.98 Å². The molecule has 0 atom stereocenters. The highest BCUT2D eigenvalue weighted by Crippen LogP contribution is 2.23. The summed E-state index contributed by atoms with van der Waals surface area (Å²) in [6.45, 7) is 3.81. The highest BCUT2D eigenvalue weighted by Gasteiger charge is 2.19. The summed E-state index contributed by atoms with van der Waals surface area (Å²) in [5.41, 5.74) is 3.79. The van der Waals surface area contributed by atoms with Crippen molar-refractivity contribution in [1.29, 1.82) is 0 Å². The summed E-state index contributed by atoms with van der Waals surface area (Å²) in [6, 6.07) is 19.4. The molecule has 0 aliphatic rings. The molecule has 0 unspecified atom stereocenters. The van der Waals surface area contributed by atoms with E-state index in [0.29, 0.717) is 5.69 Å². The molecule has 0 aliphatic carbocycles. The molecule has 2 aromatic carbocycles. The standard InChI is InChI=1S/C21H18N4O/c1-14-20(23-15(2)25(14)16-8-4-3-5-9-16)21(26)24-19-12-6-11-18-17(19)10-7-13-22-18/h3-13H,1-2H3,(H,24,26). The number of pyridine rings is 1. The minimum absolute atomic E-state index is 0.225. The summed E-state index contributed by atoms with van der Waals surface area (Å²) in [7, 11) is 0. The lowest BCUT2D eigenvalue weighted by molar-refractivity contribution is 0.102. The molecule has 1 amide bonds. The number of rotatable bonds is 3. The number of para-hydroxylation sites is 1. The maximum Gasteiger partial charge on any atom is 0.276 e. The number of benzene rings is 2. The first-order valence-electron chi connectivity index (χ1n) is 8.41. The zero-order valence-electron chi connectivity index (χ0n) is 14.6. The maximum absolute atomic E-state index is 12.9. The summed E-state index contributed by atoms with van der Waals surface area (Å²) in [5, 5.41) is 3.88. The van der Waals surface area contributed by atoms with E-state index in [1.54, 1.807) is 6.20 Å². The highest BCUT2D eigenvalue weighted by molar-refractivity contribution is 6.08. The lowest BCUT2D eigenvalue weighted by atomic mass is 10.1. The number of carbonyl (C=O) groups excluding carboxylic acids is 1. The number of imidazole rings is 1. The van der Waals surface area contributed by atoms with Gasteiger partial charge in [0, 0.05) is 17.3 Å². The Morgan fingerprint density at radius 3 is 2.58 bits per heavy atom. The van der Waals surface area contributed by atoms with Gasteiger partial charge >= 0.3 is 0 Å². The van der Waals surface area contributed by atoms with Crippen LogP contribution in [0.1, 0.15) is 22.0 Å². The van der Waals surface area contributed by atoms with E-state index in [-0.39, 0.29) is 5.91 Å². The molecule has 0 saturated carbocycles. The summed E-state index contributed by atoms with van der Waals surface area (Å²) >= 11 is 0. The normalized spacial score (nSPS) is 10.8. The van der Waals surface area contributed by atoms with Crippen LogP contribution in [-0.4, -0.2) is 20.4 Å². The van der Waals surface area contributed by atoms with E-state index in [2.05, 4.69) is 15.3 Å². The van der Waals surface area contributed by atoms with Crippen LogP contribution < -0.4 is 5.32 Å². The second-order valence-corrected chi connectivity index (χ2v) is 6.09. The number of carbonyl (C=O) groups is 1. The molecule has 26 heavy (non-hydrogen) atoms. The molecule has 4 aromatic rings. The Hall–Kier alpha value is -3.47. The second-order valence-electron chi connectivity index (χ2n) is 6.09. The van der Waals surface area contributed by atoms with Crippen LogP contribution in [0.15, 0.2) is 66.9 Å². The number of nitrogens with one attached hydrogen (secondary N) is 1. The number of anilines is 1. The van der Waals surface area contributed by atoms with Crippen molar-refractivity contribution in [2.45, 2.75) is 13.8 Å². The smallest absolute Gasteiger partial charge is 0.276 e. The van der Waals surface area contributed by atoms with Gasteiger partial charge in [0.15, 0.2) is 0 Å². The van der Waals surface area contributed by atoms with Crippen LogP contribution in [0.3, 0.4) is 0 Å². The van der Waals surface area contributed by atoms with E-state index in [1.807, 2.05) is 79.1 Å². The van der Waals surface area contributed by atoms with Crippen molar-refractivity contribution in [3.8, 4) is 5.69 Å². The van der Waals surface area contributed by atoms with Gasteiger partial charge in [0.2, 0.25) is 0 Å². The number of amides is 1. The van der Waals surface area contributed by atoms with Crippen LogP contribution in [-0.2, 0) is 0 Å². The zero-order valence-corrected chi connectivity index (χ0v) is 14.6. The van der Waals surface area contributed by atoms with E-state index in [9.17, 15) is 4.79 Å². The number of aromatic nitrogens is 3. The fraction of sp³-hybridized carbons (Fsp3) is 0.0952. The van der Waals surface area contributed by atoms with Gasteiger partial charge < -0.3 is 9.88 Å². The van der Waals surface area contributed by atoms with Crippen LogP contribution >= 0.6 is 0 Å². The SMILES string of the molecule is Cc1nc(C(=O)Nc2cccc3ncccc23)c(C)n1-c1ccccc1. The van der Waals surface area contributed by atoms with Gasteiger partial charge in [-0.2, -0.15) is 0 Å². The number of aryl methyl sites for hydroxylation is 1. The fourth-order valence-corrected chi connectivity index (χ4v) is 3.21. The van der Waals surface area contributed by atoms with Crippen LogP contribution in [0, 0.1) is 13.8 Å². The average Bonchev–Trinajstić information content (AvgIpc) is 2.97. The second kappa shape index (κ2) is 6.44. The summed E-state index contributed by atoms with van der Waals surface area (Å²) < 4.78 is 1.99. The van der Waals surface area contributed by atoms with E-state index in [4.69, 9.17) is 0 Å². The average molecular weight is 342 g/mol. The quantitative estimate of drug-likeness (QED) is 0.604. The van der Waals surface area contributed by atoms with Crippen LogP contribution in [0.5, 0.6) is 0 Å². The first-order chi connectivity index (χ1) is 12.6. The Kier molecular flexibility index (Phi) is 3.97. The third kappa shape index (κ3) is 2.73. The van der Waals surface area contributed by atoms with Crippen LogP contribution in [0.2, 0.25) is 0 Å². The minimum atomic E-state index is -0.225. The van der Waals surface area contributed by atoms with Crippen molar-refractivity contribution in [2.75, 3.05) is 5.32 Å². The predicted molar refractivity (Wildman–Crippen MR) is 103 cm³/mol. The van der Waals surface area contributed by atoms with Crippen molar-refractivity contribution < 1.29 is 4.79 Å². The molecule has 0 bridgehead atoms. The van der Waals surface area contributed by atoms with E-state index >= 15 is 0 Å². The molecule has 2 heterocycles. The highest BCUT2D eigenvalue weighted by atomic mass is 16.1. The largest absolute Gasteiger partial charge is 0.320 e. The lowest BCUT2D eigenvalue weighted by Crippen LogP contribution is -2.14. The Balaban J connectivity index is 1.71. The third-order valence-electron chi connectivity index (χ3n) is 4.40. The Morgan fingerprint density at radius 2 is 1.77 bits per heavy atom. The van der Waals surface area contributed by atoms with E-state index in [1.165, 1.54) is 0 Å². The fourth-order valence-electron chi connectivity index (χ4n) is 3.21. The van der Waals surface area contributed by atoms with Gasteiger partial charge in [0.1, 0.15) is 11.5 Å². The molecule has 128 valence electrons. The third-order valence-corrected chi connectivity index (χ3v) is 4.40. The van der Waals surface area contributed by atoms with Crippen molar-refractivity contribution in [1.82, 2.24) is 14.5 Å². The topological polar surface area (TPSA) is 59.8 Å². The van der Waals surface area contributed by atoms with Crippen molar-refractivity contribution in [2.24, 2.45) is 0 Å².